The molecule has 140 valence electrons. The first-order chi connectivity index (χ1) is 10.4. The predicted molar refractivity (Wildman–Crippen MR) is 103 cm³/mol. The number of imidazole rings is 1. The second-order valence-electron chi connectivity index (χ2n) is 6.75. The van der Waals surface area contributed by atoms with E-state index in [0.717, 1.165) is 37.3 Å². The molecule has 1 aliphatic heterocycles. The Morgan fingerprint density at radius 2 is 1.88 bits per heavy atom. The van der Waals surface area contributed by atoms with Gasteiger partial charge < -0.3 is 15.2 Å². The van der Waals surface area contributed by atoms with E-state index in [0.29, 0.717) is 19.0 Å². The standard InChI is InChI=1S/C17H30N4O.2ClH/c1-6-17(7-2,11-18)16(22)21-9-8-14-13(10-21)19-15(12(3)4)20(14)5;;/h12H,6-11,18H2,1-5H3;2*1H. The molecule has 2 rings (SSSR count). The number of fused-ring (bicyclic) bond motifs is 1. The van der Waals surface area contributed by atoms with E-state index in [1.807, 2.05) is 4.90 Å². The fourth-order valence-electron chi connectivity index (χ4n) is 3.50. The molecule has 0 bridgehead atoms. The van der Waals surface area contributed by atoms with Crippen LogP contribution in [-0.4, -0.2) is 33.4 Å². The van der Waals surface area contributed by atoms with E-state index in [4.69, 9.17) is 10.7 Å². The molecule has 2 heterocycles. The van der Waals surface area contributed by atoms with Gasteiger partial charge in [-0.05, 0) is 12.8 Å². The topological polar surface area (TPSA) is 64.2 Å². The molecule has 1 amide bonds. The highest BCUT2D eigenvalue weighted by atomic mass is 35.5. The molecule has 0 radical (unpaired) electrons. The number of aromatic nitrogens is 2. The number of nitrogens with two attached hydrogens (primary N) is 1. The molecule has 0 fully saturated rings. The van der Waals surface area contributed by atoms with E-state index in [-0.39, 0.29) is 30.7 Å². The van der Waals surface area contributed by atoms with Gasteiger partial charge in [-0.25, -0.2) is 4.98 Å². The first kappa shape index (κ1) is 23.2. The molecule has 0 aromatic carbocycles. The van der Waals surface area contributed by atoms with Crippen LogP contribution < -0.4 is 5.73 Å². The average Bonchev–Trinajstić information content (AvgIpc) is 2.86. The molecule has 0 unspecified atom stereocenters. The van der Waals surface area contributed by atoms with Crippen molar-refractivity contribution in [1.29, 1.82) is 0 Å². The fourth-order valence-corrected chi connectivity index (χ4v) is 3.50. The Kier molecular flexibility index (Phi) is 8.77. The van der Waals surface area contributed by atoms with Gasteiger partial charge in [0, 0.05) is 38.2 Å². The van der Waals surface area contributed by atoms with Crippen molar-refractivity contribution in [3.8, 4) is 0 Å². The maximum Gasteiger partial charge on any atom is 0.230 e. The quantitative estimate of drug-likeness (QED) is 0.855. The summed E-state index contributed by atoms with van der Waals surface area (Å²) in [5.41, 5.74) is 7.86. The number of rotatable bonds is 5. The smallest absolute Gasteiger partial charge is 0.230 e. The zero-order valence-corrected chi connectivity index (χ0v) is 17.1. The lowest BCUT2D eigenvalue weighted by molar-refractivity contribution is -0.143. The maximum absolute atomic E-state index is 13.0. The molecule has 7 heteroatoms. The van der Waals surface area contributed by atoms with Crippen LogP contribution in [0.25, 0.3) is 0 Å². The number of hydrogen-bond donors (Lipinski definition) is 1. The molecule has 0 saturated carbocycles. The highest BCUT2D eigenvalue weighted by Gasteiger charge is 2.38. The van der Waals surface area contributed by atoms with Crippen molar-refractivity contribution in [3.63, 3.8) is 0 Å². The van der Waals surface area contributed by atoms with Gasteiger partial charge in [0.15, 0.2) is 0 Å². The van der Waals surface area contributed by atoms with Crippen LogP contribution in [0.3, 0.4) is 0 Å². The maximum atomic E-state index is 13.0. The third-order valence-electron chi connectivity index (χ3n) is 5.29. The van der Waals surface area contributed by atoms with Gasteiger partial charge in [-0.15, -0.1) is 24.8 Å². The summed E-state index contributed by atoms with van der Waals surface area (Å²) in [5, 5.41) is 0. The Morgan fingerprint density at radius 3 is 2.33 bits per heavy atom. The van der Waals surface area contributed by atoms with E-state index in [2.05, 4.69) is 39.3 Å². The summed E-state index contributed by atoms with van der Waals surface area (Å²) < 4.78 is 2.21. The summed E-state index contributed by atoms with van der Waals surface area (Å²) in [6.07, 6.45) is 2.47. The van der Waals surface area contributed by atoms with Gasteiger partial charge >= 0.3 is 0 Å². The lowest BCUT2D eigenvalue weighted by atomic mass is 9.80. The average molecular weight is 379 g/mol. The molecule has 0 spiro atoms. The molecular weight excluding hydrogens is 347 g/mol. The molecule has 1 aromatic heterocycles. The van der Waals surface area contributed by atoms with Crippen LogP contribution >= 0.6 is 24.8 Å². The summed E-state index contributed by atoms with van der Waals surface area (Å²) >= 11 is 0. The number of amides is 1. The summed E-state index contributed by atoms with van der Waals surface area (Å²) in [5.74, 6) is 1.70. The van der Waals surface area contributed by atoms with E-state index in [9.17, 15) is 4.79 Å². The molecule has 0 aliphatic carbocycles. The molecule has 24 heavy (non-hydrogen) atoms. The highest BCUT2D eigenvalue weighted by molar-refractivity contribution is 5.85. The van der Waals surface area contributed by atoms with E-state index >= 15 is 0 Å². The second kappa shape index (κ2) is 9.07. The Bertz CT molecular complexity index is 545. The molecule has 0 atom stereocenters. The number of hydrogen-bond acceptors (Lipinski definition) is 3. The highest BCUT2D eigenvalue weighted by Crippen LogP contribution is 2.31. The van der Waals surface area contributed by atoms with Crippen LogP contribution in [0.1, 0.15) is 63.7 Å². The Morgan fingerprint density at radius 1 is 1.29 bits per heavy atom. The van der Waals surface area contributed by atoms with Crippen LogP contribution in [0.2, 0.25) is 0 Å². The molecule has 2 N–H and O–H groups in total. The zero-order chi connectivity index (χ0) is 16.5. The van der Waals surface area contributed by atoms with Crippen LogP contribution in [0, 0.1) is 5.41 Å². The third-order valence-corrected chi connectivity index (χ3v) is 5.29. The van der Waals surface area contributed by atoms with Crippen molar-refractivity contribution < 1.29 is 4.79 Å². The van der Waals surface area contributed by atoms with Crippen molar-refractivity contribution in [2.24, 2.45) is 18.2 Å². The summed E-state index contributed by atoms with van der Waals surface area (Å²) in [4.78, 5) is 19.7. The van der Waals surface area contributed by atoms with Crippen LogP contribution in [0.5, 0.6) is 0 Å². The van der Waals surface area contributed by atoms with Crippen molar-refractivity contribution in [2.75, 3.05) is 13.1 Å². The number of carbonyl (C=O) groups is 1. The van der Waals surface area contributed by atoms with E-state index in [1.54, 1.807) is 0 Å². The lowest BCUT2D eigenvalue weighted by Crippen LogP contribution is -2.49. The number of nitrogens with zero attached hydrogens (tertiary/aromatic N) is 3. The fraction of sp³-hybridized carbons (Fsp3) is 0.765. The minimum Gasteiger partial charge on any atom is -0.336 e. The van der Waals surface area contributed by atoms with Gasteiger partial charge in [0.25, 0.3) is 0 Å². The SMILES string of the molecule is CCC(CC)(CN)C(=O)N1CCc2c(nc(C(C)C)n2C)C1.Cl.Cl. The van der Waals surface area contributed by atoms with Crippen LogP contribution in [0.4, 0.5) is 0 Å². The summed E-state index contributed by atoms with van der Waals surface area (Å²) in [7, 11) is 2.08. The van der Waals surface area contributed by atoms with E-state index in [1.165, 1.54) is 5.69 Å². The monoisotopic (exact) mass is 378 g/mol. The Hall–Kier alpha value is -0.780. The summed E-state index contributed by atoms with van der Waals surface area (Å²) in [6.45, 7) is 10.2. The van der Waals surface area contributed by atoms with Crippen molar-refractivity contribution in [3.05, 3.63) is 17.2 Å². The predicted octanol–water partition coefficient (Wildman–Crippen LogP) is 3.04. The largest absolute Gasteiger partial charge is 0.336 e. The number of halogens is 2. The summed E-state index contributed by atoms with van der Waals surface area (Å²) in [6, 6.07) is 0. The van der Waals surface area contributed by atoms with Gasteiger partial charge in [-0.3, -0.25) is 4.79 Å². The van der Waals surface area contributed by atoms with Gasteiger partial charge in [-0.1, -0.05) is 27.7 Å². The zero-order valence-electron chi connectivity index (χ0n) is 15.5. The van der Waals surface area contributed by atoms with E-state index < -0.39 is 5.41 Å². The number of carbonyl (C=O) groups excluding carboxylic acids is 1. The Labute approximate surface area is 158 Å². The normalized spacial score (nSPS) is 14.0. The van der Waals surface area contributed by atoms with Gasteiger partial charge in [0.05, 0.1) is 17.7 Å². The van der Waals surface area contributed by atoms with Crippen molar-refractivity contribution in [1.82, 2.24) is 14.5 Å². The molecule has 1 aliphatic rings. The van der Waals surface area contributed by atoms with Crippen molar-refractivity contribution in [2.45, 2.75) is 59.4 Å². The Balaban J connectivity index is 0.00000264. The second-order valence-corrected chi connectivity index (χ2v) is 6.75. The molecule has 5 nitrogen and oxygen atoms in total. The van der Waals surface area contributed by atoms with Crippen molar-refractivity contribution >= 4 is 30.7 Å². The first-order valence-corrected chi connectivity index (χ1v) is 8.44. The minimum atomic E-state index is -0.410. The van der Waals surface area contributed by atoms with Crippen LogP contribution in [-0.2, 0) is 24.8 Å². The van der Waals surface area contributed by atoms with Gasteiger partial charge in [0.2, 0.25) is 5.91 Å². The third kappa shape index (κ3) is 3.89. The molecule has 1 aromatic rings. The van der Waals surface area contributed by atoms with Gasteiger partial charge in [-0.2, -0.15) is 0 Å². The van der Waals surface area contributed by atoms with Gasteiger partial charge in [0.1, 0.15) is 5.82 Å². The lowest BCUT2D eigenvalue weighted by Gasteiger charge is -2.36. The molecular formula is C17H32Cl2N4O. The molecule has 0 saturated heterocycles. The minimum absolute atomic E-state index is 0. The van der Waals surface area contributed by atoms with Crippen LogP contribution in [0.15, 0.2) is 0 Å². The first-order valence-electron chi connectivity index (χ1n) is 8.44.